The van der Waals surface area contributed by atoms with Crippen LogP contribution in [0, 0.1) is 17.8 Å². The minimum Gasteiger partial charge on any atom is -0.431 e. The SMILES string of the molecule is COC1CN(C2C[C@@H]3C(C(C=C(N)c4cnc(N)c(OC(F)F)c4)=NC(C)C)[C@@H]3C2)C1. The molecule has 1 saturated heterocycles. The van der Waals surface area contributed by atoms with Crippen LogP contribution in [0.4, 0.5) is 14.6 Å². The van der Waals surface area contributed by atoms with Crippen LogP contribution in [0.2, 0.25) is 0 Å². The molecule has 0 amide bonds. The summed E-state index contributed by atoms with van der Waals surface area (Å²) in [5.74, 6) is 1.36. The fourth-order valence-corrected chi connectivity index (χ4v) is 5.03. The lowest BCUT2D eigenvalue weighted by molar-refractivity contribution is -0.0517. The number of pyridine rings is 1. The van der Waals surface area contributed by atoms with Crippen molar-refractivity contribution in [1.82, 2.24) is 9.88 Å². The molecule has 0 bridgehead atoms. The summed E-state index contributed by atoms with van der Waals surface area (Å²) in [6.45, 7) is 3.15. The average Bonchev–Trinajstić information content (AvgIpc) is 3.15. The van der Waals surface area contributed by atoms with E-state index in [1.165, 1.54) is 25.1 Å². The van der Waals surface area contributed by atoms with Crippen LogP contribution in [0.5, 0.6) is 5.75 Å². The maximum Gasteiger partial charge on any atom is 0.387 e. The number of methoxy groups -OCH3 is 1. The number of likely N-dealkylation sites (tertiary alicyclic amines) is 1. The lowest BCUT2D eigenvalue weighted by atomic mass is 9.98. The average molecular weight is 436 g/mol. The third-order valence-corrected chi connectivity index (χ3v) is 6.63. The molecule has 2 aliphatic carbocycles. The molecule has 1 aliphatic heterocycles. The van der Waals surface area contributed by atoms with E-state index in [2.05, 4.69) is 14.6 Å². The number of nitrogen functional groups attached to an aromatic ring is 1. The predicted molar refractivity (Wildman–Crippen MR) is 116 cm³/mol. The summed E-state index contributed by atoms with van der Waals surface area (Å²) < 4.78 is 35.1. The quantitative estimate of drug-likeness (QED) is 0.609. The molecule has 4 atom stereocenters. The van der Waals surface area contributed by atoms with Gasteiger partial charge in [0.15, 0.2) is 11.6 Å². The van der Waals surface area contributed by atoms with Crippen LogP contribution < -0.4 is 16.2 Å². The number of aromatic nitrogens is 1. The van der Waals surface area contributed by atoms with Gasteiger partial charge in [-0.2, -0.15) is 8.78 Å². The number of hydrogen-bond acceptors (Lipinski definition) is 7. The summed E-state index contributed by atoms with van der Waals surface area (Å²) >= 11 is 0. The Bertz CT molecular complexity index is 857. The van der Waals surface area contributed by atoms with Crippen molar-refractivity contribution >= 4 is 17.2 Å². The molecule has 1 aromatic heterocycles. The van der Waals surface area contributed by atoms with Gasteiger partial charge >= 0.3 is 6.61 Å². The molecule has 2 unspecified atom stereocenters. The van der Waals surface area contributed by atoms with Gasteiger partial charge in [-0.3, -0.25) is 9.89 Å². The summed E-state index contributed by atoms with van der Waals surface area (Å²) in [7, 11) is 1.77. The fourth-order valence-electron chi connectivity index (χ4n) is 5.03. The van der Waals surface area contributed by atoms with Gasteiger partial charge in [0.05, 0.1) is 6.10 Å². The predicted octanol–water partition coefficient (Wildman–Crippen LogP) is 2.77. The Kier molecular flexibility index (Phi) is 6.16. The van der Waals surface area contributed by atoms with Crippen molar-refractivity contribution in [2.24, 2.45) is 28.5 Å². The Labute approximate surface area is 181 Å². The zero-order valence-corrected chi connectivity index (χ0v) is 18.2. The van der Waals surface area contributed by atoms with Gasteiger partial charge in [0.1, 0.15) is 0 Å². The molecular formula is C22H31F2N5O2. The number of halogens is 2. The smallest absolute Gasteiger partial charge is 0.387 e. The highest BCUT2D eigenvalue weighted by molar-refractivity contribution is 6.04. The van der Waals surface area contributed by atoms with Crippen LogP contribution in [0.25, 0.3) is 5.70 Å². The molecule has 0 aromatic carbocycles. The highest BCUT2D eigenvalue weighted by Crippen LogP contribution is 2.59. The van der Waals surface area contributed by atoms with E-state index in [1.807, 2.05) is 19.9 Å². The first-order valence-corrected chi connectivity index (χ1v) is 10.8. The van der Waals surface area contributed by atoms with Crippen molar-refractivity contribution in [3.63, 3.8) is 0 Å². The summed E-state index contributed by atoms with van der Waals surface area (Å²) in [6, 6.07) is 2.17. The third-order valence-electron chi connectivity index (χ3n) is 6.63. The van der Waals surface area contributed by atoms with Crippen molar-refractivity contribution in [3.8, 4) is 5.75 Å². The van der Waals surface area contributed by atoms with Crippen LogP contribution in [0.1, 0.15) is 32.3 Å². The second-order valence-electron chi connectivity index (χ2n) is 9.02. The van der Waals surface area contributed by atoms with Gasteiger partial charge in [-0.15, -0.1) is 0 Å². The van der Waals surface area contributed by atoms with Crippen molar-refractivity contribution in [1.29, 1.82) is 0 Å². The Balaban J connectivity index is 1.46. The summed E-state index contributed by atoms with van der Waals surface area (Å²) in [5, 5.41) is 0. The molecule has 4 N–H and O–H groups in total. The van der Waals surface area contributed by atoms with E-state index in [1.54, 1.807) is 7.11 Å². The van der Waals surface area contributed by atoms with Crippen LogP contribution >= 0.6 is 0 Å². The van der Waals surface area contributed by atoms with Crippen LogP contribution in [-0.4, -0.2) is 60.6 Å². The van der Waals surface area contributed by atoms with Gasteiger partial charge in [-0.05, 0) is 50.7 Å². The van der Waals surface area contributed by atoms with E-state index >= 15 is 0 Å². The number of aliphatic imine (C=N–C) groups is 1. The Morgan fingerprint density at radius 3 is 2.55 bits per heavy atom. The second kappa shape index (κ2) is 8.70. The van der Waals surface area contributed by atoms with Crippen LogP contribution in [0.3, 0.4) is 0 Å². The van der Waals surface area contributed by atoms with Crippen LogP contribution in [0.15, 0.2) is 23.3 Å². The number of alkyl halides is 2. The minimum absolute atomic E-state index is 0.0996. The number of fused-ring (bicyclic) bond motifs is 1. The zero-order chi connectivity index (χ0) is 22.3. The lowest BCUT2D eigenvalue weighted by Gasteiger charge is -2.43. The molecule has 1 aromatic rings. The summed E-state index contributed by atoms with van der Waals surface area (Å²) in [4.78, 5) is 11.3. The monoisotopic (exact) mass is 435 g/mol. The number of nitrogens with zero attached hydrogens (tertiary/aromatic N) is 3. The molecule has 0 spiro atoms. The highest BCUT2D eigenvalue weighted by atomic mass is 19.3. The molecule has 9 heteroatoms. The maximum absolute atomic E-state index is 12.6. The van der Waals surface area contributed by atoms with Crippen molar-refractivity contribution in [2.75, 3.05) is 25.9 Å². The van der Waals surface area contributed by atoms with E-state index in [-0.39, 0.29) is 17.6 Å². The van der Waals surface area contributed by atoms with Crippen LogP contribution in [-0.2, 0) is 4.74 Å². The first-order valence-electron chi connectivity index (χ1n) is 10.8. The molecule has 3 fully saturated rings. The maximum atomic E-state index is 12.6. The Hall–Kier alpha value is -2.26. The molecular weight excluding hydrogens is 404 g/mol. The zero-order valence-electron chi connectivity index (χ0n) is 18.2. The third kappa shape index (κ3) is 4.67. The van der Waals surface area contributed by atoms with E-state index < -0.39 is 6.61 Å². The molecule has 2 saturated carbocycles. The van der Waals surface area contributed by atoms with Gasteiger partial charge < -0.3 is 20.9 Å². The van der Waals surface area contributed by atoms with Crippen molar-refractivity contribution in [2.45, 2.75) is 51.5 Å². The summed E-state index contributed by atoms with van der Waals surface area (Å²) in [5.41, 5.74) is 13.8. The normalized spacial score (nSPS) is 29.4. The first-order chi connectivity index (χ1) is 14.8. The number of hydrogen-bond donors (Lipinski definition) is 2. The first kappa shape index (κ1) is 22.0. The van der Waals surface area contributed by atoms with Gasteiger partial charge in [0.25, 0.3) is 0 Å². The number of ether oxygens (including phenoxy) is 2. The van der Waals surface area contributed by atoms with E-state index in [9.17, 15) is 8.78 Å². The molecule has 31 heavy (non-hydrogen) atoms. The van der Waals surface area contributed by atoms with Gasteiger partial charge in [-0.1, -0.05) is 0 Å². The van der Waals surface area contributed by atoms with E-state index in [4.69, 9.17) is 21.2 Å². The molecule has 7 nitrogen and oxygen atoms in total. The Morgan fingerprint density at radius 2 is 1.97 bits per heavy atom. The number of anilines is 1. The highest BCUT2D eigenvalue weighted by Gasteiger charge is 2.59. The van der Waals surface area contributed by atoms with Gasteiger partial charge in [0.2, 0.25) is 0 Å². The largest absolute Gasteiger partial charge is 0.431 e. The number of allylic oxidation sites excluding steroid dienone is 1. The number of rotatable bonds is 8. The second-order valence-corrected chi connectivity index (χ2v) is 9.02. The van der Waals surface area contributed by atoms with Gasteiger partial charge in [-0.25, -0.2) is 4.98 Å². The molecule has 2 heterocycles. The summed E-state index contributed by atoms with van der Waals surface area (Å²) in [6.07, 6.45) is 6.05. The van der Waals surface area contributed by atoms with Gasteiger partial charge in [0, 0.05) is 61.4 Å². The molecule has 170 valence electrons. The van der Waals surface area contributed by atoms with E-state index in [0.717, 1.165) is 18.8 Å². The standard InChI is InChI=1S/C22H31F2N5O2/c1-11(2)28-18(7-17(25)12-4-19(31-22(23)24)21(26)27-8-12)20-15-5-13(6-16(15)20)29-9-14(10-29)30-3/h4,7-8,11,13-16,20,22H,5-6,9-10,25H2,1-3H3,(H2,26,27)/t13?,15-,16+,20?. The minimum atomic E-state index is -2.98. The van der Waals surface area contributed by atoms with Crippen molar-refractivity contribution in [3.05, 3.63) is 23.9 Å². The van der Waals surface area contributed by atoms with Crippen molar-refractivity contribution < 1.29 is 18.3 Å². The molecule has 3 aliphatic rings. The molecule has 4 rings (SSSR count). The lowest BCUT2D eigenvalue weighted by Crippen LogP contribution is -2.55. The number of nitrogens with two attached hydrogens (primary N) is 2. The Morgan fingerprint density at radius 1 is 1.29 bits per heavy atom. The topological polar surface area (TPSA) is 99.0 Å². The van der Waals surface area contributed by atoms with E-state index in [0.29, 0.717) is 41.2 Å². The fraction of sp³-hybridized carbons (Fsp3) is 0.636. The molecule has 0 radical (unpaired) electrons.